The zero-order chi connectivity index (χ0) is 24.5. The van der Waals surface area contributed by atoms with E-state index in [2.05, 4.69) is 57.4 Å². The smallest absolute Gasteiger partial charge is 0.260 e. The number of nitrogens with zero attached hydrogens (tertiary/aromatic N) is 4. The van der Waals surface area contributed by atoms with Crippen molar-refractivity contribution >= 4 is 5.57 Å². The second-order valence-corrected chi connectivity index (χ2v) is 10.2. The van der Waals surface area contributed by atoms with Crippen molar-refractivity contribution in [2.24, 2.45) is 11.8 Å². The Kier molecular flexibility index (Phi) is 6.13. The maximum absolute atomic E-state index is 13.3. The van der Waals surface area contributed by atoms with Gasteiger partial charge in [-0.3, -0.25) is 14.6 Å². The third-order valence-electron chi connectivity index (χ3n) is 7.53. The summed E-state index contributed by atoms with van der Waals surface area (Å²) in [4.78, 5) is 20.6. The van der Waals surface area contributed by atoms with Gasteiger partial charge in [0.25, 0.3) is 5.56 Å². The van der Waals surface area contributed by atoms with Crippen molar-refractivity contribution < 1.29 is 0 Å². The van der Waals surface area contributed by atoms with Crippen molar-refractivity contribution in [3.05, 3.63) is 70.9 Å². The van der Waals surface area contributed by atoms with Crippen LogP contribution in [0, 0.1) is 11.8 Å². The molecule has 0 bridgehead atoms. The molecule has 36 heavy (non-hydrogen) atoms. The van der Waals surface area contributed by atoms with E-state index in [0.717, 1.165) is 47.3 Å². The number of rotatable bonds is 8. The lowest BCUT2D eigenvalue weighted by Crippen LogP contribution is -2.13. The summed E-state index contributed by atoms with van der Waals surface area (Å²) in [5.41, 5.74) is 6.20. The van der Waals surface area contributed by atoms with E-state index in [9.17, 15) is 4.79 Å². The molecule has 7 nitrogen and oxygen atoms in total. The monoisotopic (exact) mass is 480 g/mol. The fraction of sp³-hybridized carbons (Fsp3) is 0.379. The SMILES string of the molecule is CCCC1CC=C(c2ccc(-c3cc(-c4ccn(CC5CC5)n4)c(-c4ncn[nH]4)c(=O)[nH]3)cc2)CC1. The number of hydrogen-bond acceptors (Lipinski definition) is 4. The normalized spacial score (nSPS) is 17.8. The van der Waals surface area contributed by atoms with Gasteiger partial charge in [0.2, 0.25) is 0 Å². The molecular weight excluding hydrogens is 448 g/mol. The van der Waals surface area contributed by atoms with Crippen LogP contribution in [0.2, 0.25) is 0 Å². The van der Waals surface area contributed by atoms with Gasteiger partial charge in [-0.25, -0.2) is 4.98 Å². The molecule has 3 aromatic heterocycles. The highest BCUT2D eigenvalue weighted by Crippen LogP contribution is 2.35. The number of aromatic amines is 2. The van der Waals surface area contributed by atoms with Crippen LogP contribution < -0.4 is 5.56 Å². The van der Waals surface area contributed by atoms with E-state index in [1.165, 1.54) is 56.0 Å². The minimum atomic E-state index is -0.211. The van der Waals surface area contributed by atoms with E-state index in [4.69, 9.17) is 5.10 Å². The molecule has 1 saturated carbocycles. The van der Waals surface area contributed by atoms with Crippen LogP contribution in [0.3, 0.4) is 0 Å². The Balaban J connectivity index is 1.33. The summed E-state index contributed by atoms with van der Waals surface area (Å²) in [6.07, 6.45) is 14.5. The molecule has 0 radical (unpaired) electrons. The minimum Gasteiger partial charge on any atom is -0.321 e. The van der Waals surface area contributed by atoms with E-state index >= 15 is 0 Å². The van der Waals surface area contributed by atoms with Crippen molar-refractivity contribution in [1.29, 1.82) is 0 Å². The maximum Gasteiger partial charge on any atom is 0.260 e. The first-order valence-corrected chi connectivity index (χ1v) is 13.1. The molecule has 0 amide bonds. The summed E-state index contributed by atoms with van der Waals surface area (Å²) in [6, 6.07) is 12.5. The lowest BCUT2D eigenvalue weighted by molar-refractivity contribution is 0.445. The predicted octanol–water partition coefficient (Wildman–Crippen LogP) is 6.08. The van der Waals surface area contributed by atoms with Gasteiger partial charge >= 0.3 is 0 Å². The fourth-order valence-corrected chi connectivity index (χ4v) is 5.34. The summed E-state index contributed by atoms with van der Waals surface area (Å²) < 4.78 is 1.98. The number of allylic oxidation sites excluding steroid dienone is 2. The van der Waals surface area contributed by atoms with Crippen LogP contribution in [-0.2, 0) is 6.54 Å². The Hall–Kier alpha value is -3.74. The number of nitrogens with one attached hydrogen (secondary N) is 2. The molecule has 0 saturated heterocycles. The lowest BCUT2D eigenvalue weighted by Gasteiger charge is -2.21. The van der Waals surface area contributed by atoms with E-state index in [-0.39, 0.29) is 5.56 Å². The van der Waals surface area contributed by atoms with Crippen LogP contribution in [0.25, 0.3) is 39.5 Å². The number of benzene rings is 1. The first-order chi connectivity index (χ1) is 17.7. The maximum atomic E-state index is 13.3. The topological polar surface area (TPSA) is 92.2 Å². The molecule has 2 aliphatic rings. The van der Waals surface area contributed by atoms with Crippen LogP contribution in [0.1, 0.15) is 57.4 Å². The zero-order valence-corrected chi connectivity index (χ0v) is 20.7. The van der Waals surface area contributed by atoms with E-state index in [0.29, 0.717) is 11.4 Å². The third kappa shape index (κ3) is 4.70. The van der Waals surface area contributed by atoms with Crippen molar-refractivity contribution in [3.8, 4) is 33.9 Å². The first kappa shape index (κ1) is 22.7. The highest BCUT2D eigenvalue weighted by atomic mass is 16.1. The fourth-order valence-electron chi connectivity index (χ4n) is 5.34. The van der Waals surface area contributed by atoms with E-state index < -0.39 is 0 Å². The highest BCUT2D eigenvalue weighted by molar-refractivity contribution is 5.81. The zero-order valence-electron chi connectivity index (χ0n) is 20.7. The van der Waals surface area contributed by atoms with Gasteiger partial charge in [0.1, 0.15) is 6.33 Å². The van der Waals surface area contributed by atoms with E-state index in [1.807, 2.05) is 23.0 Å². The Morgan fingerprint density at radius 1 is 1.06 bits per heavy atom. The first-order valence-electron chi connectivity index (χ1n) is 13.1. The average Bonchev–Trinajstić information content (AvgIpc) is 3.34. The van der Waals surface area contributed by atoms with Crippen LogP contribution in [0.15, 0.2) is 59.8 Å². The summed E-state index contributed by atoms with van der Waals surface area (Å²) >= 11 is 0. The summed E-state index contributed by atoms with van der Waals surface area (Å²) in [6.45, 7) is 3.19. The van der Waals surface area contributed by atoms with Crippen LogP contribution >= 0.6 is 0 Å². The lowest BCUT2D eigenvalue weighted by atomic mass is 9.84. The molecule has 6 rings (SSSR count). The molecule has 0 spiro atoms. The largest absolute Gasteiger partial charge is 0.321 e. The molecule has 2 N–H and O–H groups in total. The van der Waals surface area contributed by atoms with Gasteiger partial charge in [0.05, 0.1) is 11.3 Å². The van der Waals surface area contributed by atoms with Crippen molar-refractivity contribution in [2.75, 3.05) is 0 Å². The van der Waals surface area contributed by atoms with Gasteiger partial charge in [0.15, 0.2) is 5.82 Å². The Morgan fingerprint density at radius 2 is 1.89 bits per heavy atom. The van der Waals surface area contributed by atoms with E-state index in [1.54, 1.807) is 0 Å². The second kappa shape index (κ2) is 9.72. The number of hydrogen-bond donors (Lipinski definition) is 2. The Labute approximate surface area is 210 Å². The summed E-state index contributed by atoms with van der Waals surface area (Å²) in [5, 5.41) is 11.6. The molecule has 4 aromatic rings. The molecule has 1 fully saturated rings. The molecule has 1 aromatic carbocycles. The van der Waals surface area contributed by atoms with Crippen molar-refractivity contribution in [2.45, 2.75) is 58.4 Å². The Bertz CT molecular complexity index is 1420. The van der Waals surface area contributed by atoms with Crippen LogP contribution in [0.5, 0.6) is 0 Å². The van der Waals surface area contributed by atoms with Gasteiger partial charge in [-0.05, 0) is 72.8 Å². The third-order valence-corrected chi connectivity index (χ3v) is 7.53. The molecule has 2 aliphatic carbocycles. The molecule has 1 atom stereocenters. The van der Waals surface area contributed by atoms with Crippen molar-refractivity contribution in [3.63, 3.8) is 0 Å². The van der Waals surface area contributed by atoms with Gasteiger partial charge in [0, 0.05) is 24.0 Å². The standard InChI is InChI=1S/C29H32N6O/c1-2-3-19-6-8-21(9-7-19)22-10-12-23(13-11-22)26-16-24(25-14-15-35(34-25)17-20-4-5-20)27(29(36)32-26)28-30-18-31-33-28/h8,10-16,18-20H,2-7,9,17H2,1H3,(H,32,36)(H,30,31,33). The summed E-state index contributed by atoms with van der Waals surface area (Å²) in [7, 11) is 0. The number of H-pyrrole nitrogens is 2. The molecule has 184 valence electrons. The number of aromatic nitrogens is 6. The molecular formula is C29H32N6O. The van der Waals surface area contributed by atoms with Crippen LogP contribution in [-0.4, -0.2) is 29.9 Å². The Morgan fingerprint density at radius 3 is 2.58 bits per heavy atom. The summed E-state index contributed by atoms with van der Waals surface area (Å²) in [5.74, 6) is 1.99. The van der Waals surface area contributed by atoms with Gasteiger partial charge in [-0.1, -0.05) is 50.1 Å². The predicted molar refractivity (Wildman–Crippen MR) is 142 cm³/mol. The van der Waals surface area contributed by atoms with Crippen molar-refractivity contribution in [1.82, 2.24) is 29.9 Å². The van der Waals surface area contributed by atoms with Crippen LogP contribution in [0.4, 0.5) is 0 Å². The quantitative estimate of drug-likeness (QED) is 0.319. The second-order valence-electron chi connectivity index (χ2n) is 10.2. The minimum absolute atomic E-state index is 0.211. The van der Waals surface area contributed by atoms with Gasteiger partial charge in [-0.2, -0.15) is 10.2 Å². The molecule has 7 heteroatoms. The molecule has 0 aliphatic heterocycles. The molecule has 1 unspecified atom stereocenters. The number of pyridine rings is 1. The molecule has 3 heterocycles. The van der Waals surface area contributed by atoms with Gasteiger partial charge < -0.3 is 4.98 Å². The average molecular weight is 481 g/mol. The van der Waals surface area contributed by atoms with Gasteiger partial charge in [-0.15, -0.1) is 0 Å². The highest BCUT2D eigenvalue weighted by Gasteiger charge is 2.23.